The molecule has 0 atom stereocenters. The smallest absolute Gasteiger partial charge is 0.267 e. The largest absolute Gasteiger partial charge is 0.280 e. The normalized spacial score (nSPS) is 11.5. The number of nitrogens with zero attached hydrogens (tertiary/aromatic N) is 5. The first kappa shape index (κ1) is 25.4. The van der Waals surface area contributed by atoms with Gasteiger partial charge >= 0.3 is 0 Å². The van der Waals surface area contributed by atoms with Crippen LogP contribution in [0.3, 0.4) is 0 Å². The van der Waals surface area contributed by atoms with E-state index in [0.717, 1.165) is 40.4 Å². The Kier molecular flexibility index (Phi) is 7.22. The first-order valence-corrected chi connectivity index (χ1v) is 13.8. The Bertz CT molecular complexity index is 1550. The van der Waals surface area contributed by atoms with Crippen molar-refractivity contribution < 1.29 is 9.59 Å². The van der Waals surface area contributed by atoms with E-state index in [1.54, 1.807) is 36.4 Å². The highest BCUT2D eigenvalue weighted by atomic mass is 35.5. The number of aryl methyl sites for hydroxylation is 1. The second kappa shape index (κ2) is 10.2. The van der Waals surface area contributed by atoms with Crippen LogP contribution in [0, 0.1) is 0 Å². The van der Waals surface area contributed by atoms with E-state index in [4.69, 9.17) is 46.4 Å². The molecule has 0 aliphatic carbocycles. The summed E-state index contributed by atoms with van der Waals surface area (Å²) in [5.41, 5.74) is 0. The number of benzene rings is 2. The molecule has 0 aliphatic rings. The summed E-state index contributed by atoms with van der Waals surface area (Å²) >= 11 is 27.7. The molecule has 13 heteroatoms. The lowest BCUT2D eigenvalue weighted by Gasteiger charge is -2.15. The quantitative estimate of drug-likeness (QED) is 0.185. The molecule has 0 saturated heterocycles. The van der Waals surface area contributed by atoms with Crippen molar-refractivity contribution in [2.24, 2.45) is 0 Å². The number of hydrogen-bond donors (Lipinski definition) is 0. The summed E-state index contributed by atoms with van der Waals surface area (Å²) in [6, 6.07) is 10.2. The maximum absolute atomic E-state index is 13.9. The molecule has 0 spiro atoms. The van der Waals surface area contributed by atoms with Crippen molar-refractivity contribution in [1.82, 2.24) is 20.2 Å². The maximum Gasteiger partial charge on any atom is 0.280 e. The van der Waals surface area contributed by atoms with Crippen LogP contribution < -0.4 is 4.90 Å². The minimum Gasteiger partial charge on any atom is -0.267 e. The van der Waals surface area contributed by atoms with E-state index >= 15 is 0 Å². The van der Waals surface area contributed by atoms with Gasteiger partial charge in [0.2, 0.25) is 0 Å². The van der Waals surface area contributed by atoms with Gasteiger partial charge in [0.15, 0.2) is 0 Å². The lowest BCUT2D eigenvalue weighted by molar-refractivity contribution is 0.0900. The van der Waals surface area contributed by atoms with Gasteiger partial charge in [-0.15, -0.1) is 27.8 Å². The minimum absolute atomic E-state index is 0.146. The maximum atomic E-state index is 13.9. The van der Waals surface area contributed by atoms with Gasteiger partial charge < -0.3 is 0 Å². The highest BCUT2D eigenvalue weighted by Crippen LogP contribution is 2.40. The standard InChI is InChI=1S/C23H15Cl4N5O2S2/c1-2-3-8-31-29-23(28-30-31)32(21(33)19-17(26)13-6-4-11(24)9-15(13)35-19)22(34)20-18(27)14-7-5-12(25)10-16(14)36-20/h4-7,9-10H,2-3,8H2,1H3. The van der Waals surface area contributed by atoms with Gasteiger partial charge in [-0.05, 0) is 35.9 Å². The second-order valence-corrected chi connectivity index (χ2v) is 11.5. The molecule has 0 aliphatic heterocycles. The summed E-state index contributed by atoms with van der Waals surface area (Å²) in [7, 11) is 0. The molecule has 3 heterocycles. The first-order chi connectivity index (χ1) is 17.3. The van der Waals surface area contributed by atoms with Gasteiger partial charge in [-0.3, -0.25) is 9.59 Å². The van der Waals surface area contributed by atoms with Gasteiger partial charge in [-0.1, -0.05) is 77.0 Å². The third-order valence-corrected chi connectivity index (χ3v) is 9.09. The molecular formula is C23H15Cl4N5O2S2. The van der Waals surface area contributed by atoms with Gasteiger partial charge in [0.25, 0.3) is 17.8 Å². The number of imide groups is 1. The molecule has 7 nitrogen and oxygen atoms in total. The predicted molar refractivity (Wildman–Crippen MR) is 148 cm³/mol. The zero-order valence-electron chi connectivity index (χ0n) is 18.5. The van der Waals surface area contributed by atoms with Crippen LogP contribution in [0.4, 0.5) is 5.95 Å². The van der Waals surface area contributed by atoms with E-state index in [1.165, 1.54) is 4.80 Å². The third-order valence-electron chi connectivity index (χ3n) is 5.33. The summed E-state index contributed by atoms with van der Waals surface area (Å²) in [5.74, 6) is -1.55. The Morgan fingerprint density at radius 3 is 1.92 bits per heavy atom. The SMILES string of the molecule is CCCCn1nnc(N(C(=O)c2sc3cc(Cl)ccc3c2Cl)C(=O)c2sc3cc(Cl)ccc3c2Cl)n1. The average molecular weight is 599 g/mol. The van der Waals surface area contributed by atoms with Gasteiger partial charge in [0, 0.05) is 30.2 Å². The summed E-state index contributed by atoms with van der Waals surface area (Å²) in [5, 5.41) is 15.0. The van der Waals surface area contributed by atoms with Crippen LogP contribution in [0.5, 0.6) is 0 Å². The number of aromatic nitrogens is 4. The van der Waals surface area contributed by atoms with Gasteiger partial charge in [-0.2, -0.15) is 4.80 Å². The topological polar surface area (TPSA) is 81.0 Å². The van der Waals surface area contributed by atoms with Crippen LogP contribution in [-0.4, -0.2) is 32.0 Å². The number of thiophene rings is 2. The summed E-state index contributed by atoms with van der Waals surface area (Å²) < 4.78 is 1.41. The number of amides is 2. The third kappa shape index (κ3) is 4.60. The molecule has 36 heavy (non-hydrogen) atoms. The number of fused-ring (bicyclic) bond motifs is 2. The molecule has 0 saturated carbocycles. The van der Waals surface area contributed by atoms with Crippen molar-refractivity contribution in [2.75, 3.05) is 4.90 Å². The molecule has 5 aromatic rings. The zero-order chi connectivity index (χ0) is 25.6. The van der Waals surface area contributed by atoms with Crippen LogP contribution >= 0.6 is 69.1 Å². The number of unbranched alkanes of at least 4 members (excludes halogenated alkanes) is 1. The number of rotatable bonds is 6. The van der Waals surface area contributed by atoms with Gasteiger partial charge in [0.1, 0.15) is 9.75 Å². The zero-order valence-corrected chi connectivity index (χ0v) is 23.1. The number of anilines is 1. The van der Waals surface area contributed by atoms with Crippen LogP contribution in [0.1, 0.15) is 39.1 Å². The van der Waals surface area contributed by atoms with Crippen LogP contribution in [0.2, 0.25) is 20.1 Å². The van der Waals surface area contributed by atoms with Crippen molar-refractivity contribution in [3.8, 4) is 0 Å². The van der Waals surface area contributed by atoms with Gasteiger partial charge in [0.05, 0.1) is 16.6 Å². The van der Waals surface area contributed by atoms with E-state index < -0.39 is 11.8 Å². The summed E-state index contributed by atoms with van der Waals surface area (Å²) in [6.07, 6.45) is 1.72. The average Bonchev–Trinajstić information content (AvgIpc) is 3.53. The number of carbonyl (C=O) groups is 2. The first-order valence-electron chi connectivity index (χ1n) is 10.7. The molecule has 184 valence electrons. The van der Waals surface area contributed by atoms with Crippen LogP contribution in [-0.2, 0) is 6.54 Å². The van der Waals surface area contributed by atoms with Crippen LogP contribution in [0.15, 0.2) is 36.4 Å². The number of halogens is 4. The Labute approximate surface area is 233 Å². The molecule has 0 bridgehead atoms. The number of hydrogen-bond acceptors (Lipinski definition) is 7. The molecule has 5 rings (SSSR count). The van der Waals surface area contributed by atoms with E-state index in [2.05, 4.69) is 15.4 Å². The van der Waals surface area contributed by atoms with Gasteiger partial charge in [-0.25, -0.2) is 4.90 Å². The summed E-state index contributed by atoms with van der Waals surface area (Å²) in [6.45, 7) is 2.52. The van der Waals surface area contributed by atoms with Crippen molar-refractivity contribution in [1.29, 1.82) is 0 Å². The monoisotopic (exact) mass is 597 g/mol. The van der Waals surface area contributed by atoms with E-state index in [0.29, 0.717) is 36.8 Å². The fourth-order valence-electron chi connectivity index (χ4n) is 3.55. The second-order valence-electron chi connectivity index (χ2n) is 7.76. The highest BCUT2D eigenvalue weighted by molar-refractivity contribution is 7.22. The molecule has 2 amide bonds. The highest BCUT2D eigenvalue weighted by Gasteiger charge is 2.35. The molecular weight excluding hydrogens is 584 g/mol. The lowest BCUT2D eigenvalue weighted by Crippen LogP contribution is -2.37. The van der Waals surface area contributed by atoms with E-state index in [1.807, 2.05) is 6.92 Å². The molecule has 0 unspecified atom stereocenters. The van der Waals surface area contributed by atoms with E-state index in [9.17, 15) is 9.59 Å². The Morgan fingerprint density at radius 1 is 0.889 bits per heavy atom. The Morgan fingerprint density at radius 2 is 1.42 bits per heavy atom. The number of carbonyl (C=O) groups excluding carboxylic acids is 2. The fraction of sp³-hybridized carbons (Fsp3) is 0.174. The molecule has 0 N–H and O–H groups in total. The molecule has 0 fully saturated rings. The van der Waals surface area contributed by atoms with Crippen LogP contribution in [0.25, 0.3) is 20.2 Å². The predicted octanol–water partition coefficient (Wildman–Crippen LogP) is 8.00. The molecule has 2 aromatic carbocycles. The molecule has 0 radical (unpaired) electrons. The number of tetrazole rings is 1. The van der Waals surface area contributed by atoms with Crippen molar-refractivity contribution in [3.05, 3.63) is 66.2 Å². The lowest BCUT2D eigenvalue weighted by atomic mass is 10.2. The van der Waals surface area contributed by atoms with E-state index in [-0.39, 0.29) is 25.7 Å². The Hall–Kier alpha value is -2.27. The summed E-state index contributed by atoms with van der Waals surface area (Å²) in [4.78, 5) is 30.2. The minimum atomic E-state index is -0.691. The van der Waals surface area contributed by atoms with Crippen molar-refractivity contribution in [2.45, 2.75) is 26.3 Å². The van der Waals surface area contributed by atoms with Crippen molar-refractivity contribution in [3.63, 3.8) is 0 Å². The molecule has 3 aromatic heterocycles. The van der Waals surface area contributed by atoms with Crippen molar-refractivity contribution >= 4 is 107 Å². The fourth-order valence-corrected chi connectivity index (χ4v) is 6.99. The Balaban J connectivity index is 1.63.